The summed E-state index contributed by atoms with van der Waals surface area (Å²) in [5.41, 5.74) is 1.74. The maximum Gasteiger partial charge on any atom is 0.247 e. The molecular weight excluding hydrogens is 478 g/mol. The van der Waals surface area contributed by atoms with Crippen LogP contribution in [0.15, 0.2) is 77.7 Å². The maximum atomic E-state index is 13.6. The van der Waals surface area contributed by atoms with Gasteiger partial charge >= 0.3 is 0 Å². The van der Waals surface area contributed by atoms with Crippen LogP contribution in [0.25, 0.3) is 0 Å². The van der Waals surface area contributed by atoms with Gasteiger partial charge in [0.2, 0.25) is 21.8 Å². The second-order valence-electron chi connectivity index (χ2n) is 7.36. The SMILES string of the molecule is COc1ccc(Cl)cc1S(=O)(=O)N(CC(=O)Nc1ccc(NC(C)=O)cc1)Cc1ccccc1. The summed E-state index contributed by atoms with van der Waals surface area (Å²) in [4.78, 5) is 23.9. The Hall–Kier alpha value is -3.40. The molecular formula is C24H24ClN3O5S. The van der Waals surface area contributed by atoms with E-state index in [0.29, 0.717) is 16.9 Å². The summed E-state index contributed by atoms with van der Waals surface area (Å²) in [6.45, 7) is 0.917. The minimum absolute atomic E-state index is 0.0340. The fourth-order valence-electron chi connectivity index (χ4n) is 3.20. The highest BCUT2D eigenvalue weighted by Crippen LogP contribution is 2.30. The first kappa shape index (κ1) is 25.2. The number of anilines is 2. The summed E-state index contributed by atoms with van der Waals surface area (Å²) >= 11 is 6.06. The third-order valence-corrected chi connectivity index (χ3v) is 6.80. The van der Waals surface area contributed by atoms with Gasteiger partial charge in [0.15, 0.2) is 0 Å². The van der Waals surface area contributed by atoms with E-state index in [2.05, 4.69) is 10.6 Å². The summed E-state index contributed by atoms with van der Waals surface area (Å²) in [7, 11) is -2.79. The standard InChI is InChI=1S/C24H24ClN3O5S/c1-17(29)26-20-9-11-21(12-10-20)27-24(30)16-28(15-18-6-4-3-5-7-18)34(31,32)23-14-19(25)8-13-22(23)33-2/h3-14H,15-16H2,1-2H3,(H,26,29)(H,27,30). The van der Waals surface area contributed by atoms with Gasteiger partial charge < -0.3 is 15.4 Å². The predicted octanol–water partition coefficient (Wildman–Crippen LogP) is 4.14. The summed E-state index contributed by atoms with van der Waals surface area (Å²) < 4.78 is 33.4. The minimum Gasteiger partial charge on any atom is -0.495 e. The number of sulfonamides is 1. The van der Waals surface area contributed by atoms with Crippen LogP contribution in [0.1, 0.15) is 12.5 Å². The number of nitrogens with one attached hydrogen (secondary N) is 2. The minimum atomic E-state index is -4.16. The zero-order valence-corrected chi connectivity index (χ0v) is 20.2. The first-order valence-corrected chi connectivity index (χ1v) is 12.1. The smallest absolute Gasteiger partial charge is 0.247 e. The Kier molecular flexibility index (Phi) is 8.27. The van der Waals surface area contributed by atoms with E-state index in [1.165, 1.54) is 32.2 Å². The number of hydrogen-bond acceptors (Lipinski definition) is 5. The van der Waals surface area contributed by atoms with Crippen LogP contribution in [-0.4, -0.2) is 38.2 Å². The Bertz CT molecular complexity index is 1270. The van der Waals surface area contributed by atoms with E-state index in [1.807, 2.05) is 6.07 Å². The summed E-state index contributed by atoms with van der Waals surface area (Å²) in [5, 5.41) is 5.55. The van der Waals surface area contributed by atoms with Crippen LogP contribution in [0.3, 0.4) is 0 Å². The molecule has 0 aromatic heterocycles. The van der Waals surface area contributed by atoms with Crippen LogP contribution in [0.2, 0.25) is 5.02 Å². The zero-order valence-electron chi connectivity index (χ0n) is 18.6. The fraction of sp³-hybridized carbons (Fsp3) is 0.167. The summed E-state index contributed by atoms with van der Waals surface area (Å²) in [6, 6.07) is 19.7. The lowest BCUT2D eigenvalue weighted by Crippen LogP contribution is -2.37. The molecule has 8 nitrogen and oxygen atoms in total. The van der Waals surface area contributed by atoms with E-state index in [9.17, 15) is 18.0 Å². The van der Waals surface area contributed by atoms with Crippen LogP contribution in [-0.2, 0) is 26.2 Å². The highest BCUT2D eigenvalue weighted by atomic mass is 35.5. The Morgan fingerprint density at radius 3 is 2.15 bits per heavy atom. The van der Waals surface area contributed by atoms with Crippen molar-refractivity contribution in [3.8, 4) is 5.75 Å². The molecule has 0 fully saturated rings. The molecule has 0 unspecified atom stereocenters. The number of hydrogen-bond donors (Lipinski definition) is 2. The van der Waals surface area contributed by atoms with Crippen molar-refractivity contribution in [3.63, 3.8) is 0 Å². The molecule has 3 rings (SSSR count). The van der Waals surface area contributed by atoms with E-state index >= 15 is 0 Å². The molecule has 178 valence electrons. The normalized spacial score (nSPS) is 11.2. The van der Waals surface area contributed by atoms with E-state index < -0.39 is 22.5 Å². The zero-order chi connectivity index (χ0) is 24.7. The van der Waals surface area contributed by atoms with Crippen molar-refractivity contribution in [1.82, 2.24) is 4.31 Å². The van der Waals surface area contributed by atoms with Gasteiger partial charge in [-0.1, -0.05) is 41.9 Å². The van der Waals surface area contributed by atoms with Crippen molar-refractivity contribution in [2.24, 2.45) is 0 Å². The molecule has 3 aromatic rings. The average Bonchev–Trinajstić information content (AvgIpc) is 2.80. The molecule has 0 saturated carbocycles. The Morgan fingerprint density at radius 1 is 0.941 bits per heavy atom. The first-order chi connectivity index (χ1) is 16.2. The van der Waals surface area contributed by atoms with Gasteiger partial charge in [0.05, 0.1) is 13.7 Å². The number of carbonyl (C=O) groups is 2. The van der Waals surface area contributed by atoms with Crippen molar-refractivity contribution >= 4 is 44.8 Å². The fourth-order valence-corrected chi connectivity index (χ4v) is 5.01. The van der Waals surface area contributed by atoms with Crippen LogP contribution in [0.5, 0.6) is 5.75 Å². The summed E-state index contributed by atoms with van der Waals surface area (Å²) in [5.74, 6) is -0.626. The third kappa shape index (κ3) is 6.57. The van der Waals surface area contributed by atoms with Gasteiger partial charge in [-0.25, -0.2) is 8.42 Å². The highest BCUT2D eigenvalue weighted by Gasteiger charge is 2.30. The van der Waals surface area contributed by atoms with Crippen molar-refractivity contribution < 1.29 is 22.7 Å². The molecule has 0 bridgehead atoms. The number of carbonyl (C=O) groups excluding carboxylic acids is 2. The molecule has 0 spiro atoms. The van der Waals surface area contributed by atoms with Crippen molar-refractivity contribution in [3.05, 3.63) is 83.4 Å². The summed E-state index contributed by atoms with van der Waals surface area (Å²) in [6.07, 6.45) is 0. The molecule has 0 atom stereocenters. The van der Waals surface area contributed by atoms with Crippen molar-refractivity contribution in [2.75, 3.05) is 24.3 Å². The molecule has 10 heteroatoms. The van der Waals surface area contributed by atoms with Gasteiger partial charge in [-0.2, -0.15) is 4.31 Å². The molecule has 34 heavy (non-hydrogen) atoms. The maximum absolute atomic E-state index is 13.6. The van der Waals surface area contributed by atoms with Crippen LogP contribution in [0.4, 0.5) is 11.4 Å². The number of methoxy groups -OCH3 is 1. The highest BCUT2D eigenvalue weighted by molar-refractivity contribution is 7.89. The number of rotatable bonds is 9. The molecule has 0 aliphatic rings. The molecule has 0 aliphatic carbocycles. The van der Waals surface area contributed by atoms with E-state index in [1.54, 1.807) is 48.5 Å². The molecule has 2 N–H and O–H groups in total. The topological polar surface area (TPSA) is 105 Å². The predicted molar refractivity (Wildman–Crippen MR) is 131 cm³/mol. The van der Waals surface area contributed by atoms with Gasteiger partial charge in [-0.15, -0.1) is 0 Å². The van der Waals surface area contributed by atoms with Crippen molar-refractivity contribution in [2.45, 2.75) is 18.4 Å². The molecule has 0 saturated heterocycles. The largest absolute Gasteiger partial charge is 0.495 e. The van der Waals surface area contributed by atoms with Gasteiger partial charge in [-0.05, 0) is 48.0 Å². The van der Waals surface area contributed by atoms with Crippen LogP contribution in [0, 0.1) is 0 Å². The van der Waals surface area contributed by atoms with Crippen LogP contribution < -0.4 is 15.4 Å². The van der Waals surface area contributed by atoms with Gasteiger partial charge in [0.25, 0.3) is 0 Å². The van der Waals surface area contributed by atoms with Gasteiger partial charge in [-0.3, -0.25) is 9.59 Å². The number of nitrogens with zero attached hydrogens (tertiary/aromatic N) is 1. The second kappa shape index (κ2) is 11.1. The van der Waals surface area contributed by atoms with Gasteiger partial charge in [0, 0.05) is 29.9 Å². The molecule has 3 aromatic carbocycles. The lowest BCUT2D eigenvalue weighted by Gasteiger charge is -2.23. The van der Waals surface area contributed by atoms with Crippen molar-refractivity contribution in [1.29, 1.82) is 0 Å². The second-order valence-corrected chi connectivity index (χ2v) is 9.70. The number of amides is 2. The molecule has 2 amide bonds. The average molecular weight is 502 g/mol. The molecule has 0 aliphatic heterocycles. The first-order valence-electron chi connectivity index (χ1n) is 10.2. The number of benzene rings is 3. The number of halogens is 1. The quantitative estimate of drug-likeness (QED) is 0.458. The Labute approximate surface area is 203 Å². The van der Waals surface area contributed by atoms with E-state index in [4.69, 9.17) is 16.3 Å². The monoisotopic (exact) mass is 501 g/mol. The van der Waals surface area contributed by atoms with E-state index in [-0.39, 0.29) is 28.1 Å². The van der Waals surface area contributed by atoms with Crippen LogP contribution >= 0.6 is 11.6 Å². The van der Waals surface area contributed by atoms with E-state index in [0.717, 1.165) is 4.31 Å². The van der Waals surface area contributed by atoms with Gasteiger partial charge in [0.1, 0.15) is 10.6 Å². The Morgan fingerprint density at radius 2 is 1.56 bits per heavy atom. The molecule has 0 heterocycles. The lowest BCUT2D eigenvalue weighted by atomic mass is 10.2. The number of ether oxygens (including phenoxy) is 1. The molecule has 0 radical (unpaired) electrons. The Balaban J connectivity index is 1.87. The lowest BCUT2D eigenvalue weighted by molar-refractivity contribution is -0.116. The third-order valence-electron chi connectivity index (χ3n) is 4.75.